The molecule has 0 aliphatic heterocycles. The second-order valence-electron chi connectivity index (χ2n) is 3.91. The summed E-state index contributed by atoms with van der Waals surface area (Å²) in [6.07, 6.45) is 1.74. The zero-order chi connectivity index (χ0) is 12.8. The normalized spacial score (nSPS) is 12.6. The Hall–Kier alpha value is -0.810. The summed E-state index contributed by atoms with van der Waals surface area (Å²) in [5, 5.41) is 0.926. The number of rotatable bonds is 6. The lowest BCUT2D eigenvalue weighted by Gasteiger charge is -2.23. The molecular weight excluding hydrogens is 284 g/mol. The minimum Gasteiger partial charge on any atom is -0.493 e. The summed E-state index contributed by atoms with van der Waals surface area (Å²) in [6.45, 7) is 2.88. The van der Waals surface area contributed by atoms with E-state index < -0.39 is 0 Å². The van der Waals surface area contributed by atoms with Crippen molar-refractivity contribution in [2.75, 3.05) is 26.6 Å². The number of methoxy groups -OCH3 is 2. The maximum Gasteiger partial charge on any atom is 0.183 e. The highest BCUT2D eigenvalue weighted by Gasteiger charge is 2.15. The summed E-state index contributed by atoms with van der Waals surface area (Å²) in [5.74, 6) is 1.43. The molecule has 0 bridgehead atoms. The van der Waals surface area contributed by atoms with Crippen molar-refractivity contribution in [1.29, 1.82) is 0 Å². The largest absolute Gasteiger partial charge is 0.493 e. The molecule has 0 spiro atoms. The van der Waals surface area contributed by atoms with Crippen LogP contribution in [0, 0.1) is 0 Å². The highest BCUT2D eigenvalue weighted by atomic mass is 79.9. The monoisotopic (exact) mass is 302 g/mol. The summed E-state index contributed by atoms with van der Waals surface area (Å²) >= 11 is 3.47. The molecule has 1 unspecified atom stereocenters. The zero-order valence-electron chi connectivity index (χ0n) is 10.7. The van der Waals surface area contributed by atoms with Crippen LogP contribution in [0.1, 0.15) is 12.6 Å². The van der Waals surface area contributed by atoms with Gasteiger partial charge in [0.05, 0.1) is 14.2 Å². The lowest BCUT2D eigenvalue weighted by Crippen LogP contribution is -2.30. The number of alkyl halides is 1. The van der Waals surface area contributed by atoms with Crippen LogP contribution < -0.4 is 9.47 Å². The molecule has 0 radical (unpaired) electrons. The predicted octanol–water partition coefficient (Wildman–Crippen LogP) is 2.31. The molecule has 0 N–H and O–H groups in total. The number of pyridine rings is 1. The predicted molar refractivity (Wildman–Crippen MR) is 72.1 cm³/mol. The van der Waals surface area contributed by atoms with Gasteiger partial charge in [0.15, 0.2) is 11.5 Å². The first kappa shape index (κ1) is 14.3. The van der Waals surface area contributed by atoms with Crippen LogP contribution >= 0.6 is 15.9 Å². The van der Waals surface area contributed by atoms with Crippen molar-refractivity contribution in [3.8, 4) is 11.5 Å². The fourth-order valence-electron chi connectivity index (χ4n) is 1.47. The Morgan fingerprint density at radius 1 is 1.41 bits per heavy atom. The first-order chi connectivity index (χ1) is 8.13. The van der Waals surface area contributed by atoms with Crippen LogP contribution in [0.15, 0.2) is 12.3 Å². The summed E-state index contributed by atoms with van der Waals surface area (Å²) in [7, 11) is 5.33. The summed E-state index contributed by atoms with van der Waals surface area (Å²) in [5.41, 5.74) is 0.891. The highest BCUT2D eigenvalue weighted by Crippen LogP contribution is 2.29. The molecule has 1 heterocycles. The van der Waals surface area contributed by atoms with Crippen LogP contribution in [-0.2, 0) is 6.54 Å². The van der Waals surface area contributed by atoms with Gasteiger partial charge in [-0.15, -0.1) is 0 Å². The van der Waals surface area contributed by atoms with Crippen LogP contribution in [0.4, 0.5) is 0 Å². The maximum atomic E-state index is 5.36. The van der Waals surface area contributed by atoms with E-state index in [0.29, 0.717) is 11.8 Å². The van der Waals surface area contributed by atoms with Crippen LogP contribution in [-0.4, -0.2) is 42.5 Å². The van der Waals surface area contributed by atoms with E-state index in [1.165, 1.54) is 0 Å². The van der Waals surface area contributed by atoms with Gasteiger partial charge in [0.1, 0.15) is 5.69 Å². The highest BCUT2D eigenvalue weighted by molar-refractivity contribution is 9.09. The third-order valence-electron chi connectivity index (χ3n) is 2.74. The first-order valence-electron chi connectivity index (χ1n) is 5.46. The van der Waals surface area contributed by atoms with Gasteiger partial charge in [-0.2, -0.15) is 0 Å². The third kappa shape index (κ3) is 3.57. The van der Waals surface area contributed by atoms with Gasteiger partial charge in [0.25, 0.3) is 0 Å². The van der Waals surface area contributed by atoms with E-state index in [9.17, 15) is 0 Å². The lowest BCUT2D eigenvalue weighted by molar-refractivity contribution is 0.259. The third-order valence-corrected chi connectivity index (χ3v) is 3.68. The van der Waals surface area contributed by atoms with Gasteiger partial charge in [0.2, 0.25) is 0 Å². The molecule has 1 rings (SSSR count). The molecule has 17 heavy (non-hydrogen) atoms. The van der Waals surface area contributed by atoms with Crippen molar-refractivity contribution in [2.45, 2.75) is 19.5 Å². The Morgan fingerprint density at radius 2 is 2.12 bits per heavy atom. The van der Waals surface area contributed by atoms with Gasteiger partial charge in [-0.1, -0.05) is 15.9 Å². The molecule has 0 aromatic carbocycles. The molecule has 1 atom stereocenters. The number of halogens is 1. The first-order valence-corrected chi connectivity index (χ1v) is 6.58. The second-order valence-corrected chi connectivity index (χ2v) is 4.56. The standard InChI is InChI=1S/C12H19BrN2O2/c1-9(7-13)15(2)8-10-12(17-4)11(16-3)5-6-14-10/h5-6,9H,7-8H2,1-4H3. The second kappa shape index (κ2) is 6.81. The molecule has 5 heteroatoms. The molecule has 0 saturated carbocycles. The average molecular weight is 303 g/mol. The van der Waals surface area contributed by atoms with Gasteiger partial charge in [-0.3, -0.25) is 9.88 Å². The molecule has 0 amide bonds. The number of hydrogen-bond donors (Lipinski definition) is 0. The Balaban J connectivity index is 2.90. The fourth-order valence-corrected chi connectivity index (χ4v) is 1.97. The topological polar surface area (TPSA) is 34.6 Å². The van der Waals surface area contributed by atoms with Gasteiger partial charge in [-0.25, -0.2) is 0 Å². The van der Waals surface area contributed by atoms with Gasteiger partial charge < -0.3 is 9.47 Å². The van der Waals surface area contributed by atoms with E-state index in [-0.39, 0.29) is 0 Å². The van der Waals surface area contributed by atoms with E-state index in [1.807, 2.05) is 0 Å². The molecule has 1 aromatic heterocycles. The number of nitrogens with zero attached hydrogens (tertiary/aromatic N) is 2. The summed E-state index contributed by atoms with van der Waals surface area (Å²) in [6, 6.07) is 2.24. The molecule has 0 aliphatic carbocycles. The number of hydrogen-bond acceptors (Lipinski definition) is 4. The fraction of sp³-hybridized carbons (Fsp3) is 0.583. The van der Waals surface area contributed by atoms with Crippen molar-refractivity contribution in [3.63, 3.8) is 0 Å². The Bertz CT molecular complexity index is 360. The van der Waals surface area contributed by atoms with E-state index in [4.69, 9.17) is 9.47 Å². The molecule has 0 aliphatic rings. The average Bonchev–Trinajstić information content (AvgIpc) is 2.37. The van der Waals surface area contributed by atoms with Crippen LogP contribution in [0.2, 0.25) is 0 Å². The summed E-state index contributed by atoms with van der Waals surface area (Å²) in [4.78, 5) is 6.56. The van der Waals surface area contributed by atoms with E-state index in [2.05, 4.69) is 39.8 Å². The van der Waals surface area contributed by atoms with Crippen LogP contribution in [0.25, 0.3) is 0 Å². The Kier molecular flexibility index (Phi) is 5.71. The SMILES string of the molecule is COc1ccnc(CN(C)C(C)CBr)c1OC. The molecule has 96 valence electrons. The van der Waals surface area contributed by atoms with E-state index in [0.717, 1.165) is 23.3 Å². The number of aromatic nitrogens is 1. The minimum atomic E-state index is 0.438. The van der Waals surface area contributed by atoms with E-state index >= 15 is 0 Å². The molecular formula is C12H19BrN2O2. The molecule has 0 saturated heterocycles. The van der Waals surface area contributed by atoms with Gasteiger partial charge >= 0.3 is 0 Å². The molecule has 0 fully saturated rings. The van der Waals surface area contributed by atoms with Crippen molar-refractivity contribution in [3.05, 3.63) is 18.0 Å². The van der Waals surface area contributed by atoms with Crippen LogP contribution in [0.3, 0.4) is 0 Å². The quantitative estimate of drug-likeness (QED) is 0.755. The lowest BCUT2D eigenvalue weighted by atomic mass is 10.2. The smallest absolute Gasteiger partial charge is 0.183 e. The van der Waals surface area contributed by atoms with Gasteiger partial charge in [-0.05, 0) is 14.0 Å². The molecule has 1 aromatic rings. The zero-order valence-corrected chi connectivity index (χ0v) is 12.3. The number of ether oxygens (including phenoxy) is 2. The maximum absolute atomic E-state index is 5.36. The summed E-state index contributed by atoms with van der Waals surface area (Å²) < 4.78 is 10.6. The van der Waals surface area contributed by atoms with Crippen molar-refractivity contribution < 1.29 is 9.47 Å². The van der Waals surface area contributed by atoms with Crippen molar-refractivity contribution >= 4 is 15.9 Å². The van der Waals surface area contributed by atoms with E-state index in [1.54, 1.807) is 26.5 Å². The molecule has 4 nitrogen and oxygen atoms in total. The van der Waals surface area contributed by atoms with Crippen molar-refractivity contribution in [1.82, 2.24) is 9.88 Å². The Labute approximate surface area is 111 Å². The van der Waals surface area contributed by atoms with Crippen LogP contribution in [0.5, 0.6) is 11.5 Å². The minimum absolute atomic E-state index is 0.438. The van der Waals surface area contributed by atoms with Crippen molar-refractivity contribution in [2.24, 2.45) is 0 Å². The van der Waals surface area contributed by atoms with Gasteiger partial charge in [0, 0.05) is 30.2 Å². The Morgan fingerprint density at radius 3 is 2.65 bits per heavy atom.